The Morgan fingerprint density at radius 1 is 1.41 bits per heavy atom. The second-order valence-corrected chi connectivity index (χ2v) is 4.55. The molecule has 0 fully saturated rings. The molecule has 1 aromatic rings. The minimum absolute atomic E-state index is 0.209. The van der Waals surface area contributed by atoms with Gasteiger partial charge in [-0.3, -0.25) is 4.79 Å². The first-order valence-electron chi connectivity index (χ1n) is 5.35. The number of halogens is 1. The molecule has 4 nitrogen and oxygen atoms in total. The number of benzene rings is 1. The van der Waals surface area contributed by atoms with E-state index in [0.29, 0.717) is 23.0 Å². The second-order valence-electron chi connectivity index (χ2n) is 3.76. The SMILES string of the molecule is CC(=O)Nc1ccccc1C(O)C(O)CCBr. The molecule has 17 heavy (non-hydrogen) atoms. The number of para-hydroxylation sites is 1. The number of hydrogen-bond donors (Lipinski definition) is 3. The van der Waals surface area contributed by atoms with Gasteiger partial charge in [0.05, 0.1) is 6.10 Å². The minimum atomic E-state index is -1.00. The highest BCUT2D eigenvalue weighted by atomic mass is 79.9. The molecule has 0 saturated carbocycles. The van der Waals surface area contributed by atoms with Crippen molar-refractivity contribution >= 4 is 27.5 Å². The number of carbonyl (C=O) groups is 1. The Morgan fingerprint density at radius 3 is 2.65 bits per heavy atom. The molecule has 1 rings (SSSR count). The van der Waals surface area contributed by atoms with Crippen LogP contribution in [0.3, 0.4) is 0 Å². The summed E-state index contributed by atoms with van der Waals surface area (Å²) in [5.74, 6) is -0.209. The van der Waals surface area contributed by atoms with Crippen LogP contribution in [-0.4, -0.2) is 27.6 Å². The van der Waals surface area contributed by atoms with Crippen LogP contribution in [0.25, 0.3) is 0 Å². The number of hydrogen-bond acceptors (Lipinski definition) is 3. The fourth-order valence-corrected chi connectivity index (χ4v) is 2.00. The molecule has 0 spiro atoms. The first kappa shape index (κ1) is 14.2. The summed E-state index contributed by atoms with van der Waals surface area (Å²) in [4.78, 5) is 11.0. The number of aliphatic hydroxyl groups is 2. The van der Waals surface area contributed by atoms with Crippen molar-refractivity contribution in [3.05, 3.63) is 29.8 Å². The zero-order valence-corrected chi connectivity index (χ0v) is 11.1. The molecule has 0 bridgehead atoms. The normalized spacial score (nSPS) is 14.1. The van der Waals surface area contributed by atoms with Crippen molar-refractivity contribution < 1.29 is 15.0 Å². The van der Waals surface area contributed by atoms with Crippen LogP contribution in [0.2, 0.25) is 0 Å². The highest BCUT2D eigenvalue weighted by Crippen LogP contribution is 2.26. The number of amides is 1. The average Bonchev–Trinajstić information content (AvgIpc) is 2.28. The van der Waals surface area contributed by atoms with Gasteiger partial charge in [0.2, 0.25) is 5.91 Å². The van der Waals surface area contributed by atoms with Gasteiger partial charge in [-0.05, 0) is 12.5 Å². The Bertz CT molecular complexity index is 384. The monoisotopic (exact) mass is 301 g/mol. The van der Waals surface area contributed by atoms with Crippen LogP contribution in [0.5, 0.6) is 0 Å². The molecule has 1 aromatic carbocycles. The first-order valence-corrected chi connectivity index (χ1v) is 6.47. The van der Waals surface area contributed by atoms with Crippen molar-refractivity contribution in [2.75, 3.05) is 10.6 Å². The number of rotatable bonds is 5. The molecule has 0 aliphatic carbocycles. The van der Waals surface area contributed by atoms with Gasteiger partial charge < -0.3 is 15.5 Å². The topological polar surface area (TPSA) is 69.6 Å². The molecule has 1 amide bonds. The van der Waals surface area contributed by atoms with Crippen LogP contribution >= 0.6 is 15.9 Å². The zero-order valence-electron chi connectivity index (χ0n) is 9.56. The van der Waals surface area contributed by atoms with E-state index in [1.807, 2.05) is 0 Å². The van der Waals surface area contributed by atoms with Gasteiger partial charge in [0, 0.05) is 23.5 Å². The zero-order chi connectivity index (χ0) is 12.8. The van der Waals surface area contributed by atoms with E-state index < -0.39 is 12.2 Å². The Labute approximate surface area is 109 Å². The van der Waals surface area contributed by atoms with Crippen molar-refractivity contribution in [2.45, 2.75) is 25.6 Å². The van der Waals surface area contributed by atoms with E-state index in [9.17, 15) is 15.0 Å². The molecule has 0 heterocycles. The van der Waals surface area contributed by atoms with Crippen molar-refractivity contribution in [3.8, 4) is 0 Å². The molecule has 5 heteroatoms. The lowest BCUT2D eigenvalue weighted by Gasteiger charge is -2.20. The van der Waals surface area contributed by atoms with E-state index in [-0.39, 0.29) is 5.91 Å². The maximum Gasteiger partial charge on any atom is 0.221 e. The molecule has 2 unspecified atom stereocenters. The van der Waals surface area contributed by atoms with Gasteiger partial charge in [-0.15, -0.1) is 0 Å². The van der Waals surface area contributed by atoms with Gasteiger partial charge in [0.15, 0.2) is 0 Å². The van der Waals surface area contributed by atoms with Crippen molar-refractivity contribution in [1.82, 2.24) is 0 Å². The van der Waals surface area contributed by atoms with Gasteiger partial charge in [-0.2, -0.15) is 0 Å². The van der Waals surface area contributed by atoms with Crippen LogP contribution in [0.4, 0.5) is 5.69 Å². The third-order valence-corrected chi connectivity index (χ3v) is 2.82. The first-order chi connectivity index (χ1) is 8.06. The Balaban J connectivity index is 2.91. The quantitative estimate of drug-likeness (QED) is 0.727. The summed E-state index contributed by atoms with van der Waals surface area (Å²) in [7, 11) is 0. The van der Waals surface area contributed by atoms with Crippen LogP contribution in [0.15, 0.2) is 24.3 Å². The van der Waals surface area contributed by atoms with Crippen molar-refractivity contribution in [2.24, 2.45) is 0 Å². The van der Waals surface area contributed by atoms with E-state index in [1.165, 1.54) is 6.92 Å². The molecule has 0 aliphatic heterocycles. The van der Waals surface area contributed by atoms with Gasteiger partial charge in [-0.25, -0.2) is 0 Å². The van der Waals surface area contributed by atoms with Crippen molar-refractivity contribution in [1.29, 1.82) is 0 Å². The van der Waals surface area contributed by atoms with Crippen molar-refractivity contribution in [3.63, 3.8) is 0 Å². The molecule has 0 saturated heterocycles. The molecule has 2 atom stereocenters. The van der Waals surface area contributed by atoms with Crippen LogP contribution < -0.4 is 5.32 Å². The molecule has 94 valence electrons. The number of aliphatic hydroxyl groups excluding tert-OH is 2. The Morgan fingerprint density at radius 2 is 2.06 bits per heavy atom. The van der Waals surface area contributed by atoms with Crippen LogP contribution in [0, 0.1) is 0 Å². The van der Waals surface area contributed by atoms with E-state index in [4.69, 9.17) is 0 Å². The largest absolute Gasteiger partial charge is 0.390 e. The van der Waals surface area contributed by atoms with E-state index in [0.717, 1.165) is 0 Å². The molecular weight excluding hydrogens is 286 g/mol. The van der Waals surface area contributed by atoms with Gasteiger partial charge >= 0.3 is 0 Å². The van der Waals surface area contributed by atoms with Gasteiger partial charge in [0.1, 0.15) is 6.10 Å². The lowest BCUT2D eigenvalue weighted by atomic mass is 10.0. The summed E-state index contributed by atoms with van der Waals surface area (Å²) in [6, 6.07) is 6.90. The van der Waals surface area contributed by atoms with Gasteiger partial charge in [0.25, 0.3) is 0 Å². The third-order valence-electron chi connectivity index (χ3n) is 2.36. The fourth-order valence-electron chi connectivity index (χ4n) is 1.54. The van der Waals surface area contributed by atoms with Gasteiger partial charge in [-0.1, -0.05) is 34.1 Å². The smallest absolute Gasteiger partial charge is 0.221 e. The van der Waals surface area contributed by atoms with E-state index in [1.54, 1.807) is 24.3 Å². The predicted octanol–water partition coefficient (Wildman–Crippen LogP) is 1.82. The molecule has 0 radical (unpaired) electrons. The fraction of sp³-hybridized carbons (Fsp3) is 0.417. The lowest BCUT2D eigenvalue weighted by Crippen LogP contribution is -2.20. The lowest BCUT2D eigenvalue weighted by molar-refractivity contribution is -0.114. The molecule has 0 aliphatic rings. The average molecular weight is 302 g/mol. The standard InChI is InChI=1S/C12H16BrNO3/c1-8(15)14-10-5-3-2-4-9(10)12(17)11(16)6-7-13/h2-5,11-12,16-17H,6-7H2,1H3,(H,14,15). The highest BCUT2D eigenvalue weighted by Gasteiger charge is 2.20. The summed E-state index contributed by atoms with van der Waals surface area (Å²) >= 11 is 3.21. The number of nitrogens with one attached hydrogen (secondary N) is 1. The maximum atomic E-state index is 11.0. The van der Waals surface area contributed by atoms with Crippen LogP contribution in [0.1, 0.15) is 25.0 Å². The van der Waals surface area contributed by atoms with E-state index >= 15 is 0 Å². The summed E-state index contributed by atoms with van der Waals surface area (Å²) < 4.78 is 0. The number of anilines is 1. The summed E-state index contributed by atoms with van der Waals surface area (Å²) in [6.07, 6.45) is -1.42. The van der Waals surface area contributed by atoms with E-state index in [2.05, 4.69) is 21.2 Å². The maximum absolute atomic E-state index is 11.0. The minimum Gasteiger partial charge on any atom is -0.390 e. The molecular formula is C12H16BrNO3. The Kier molecular flexibility index (Phi) is 5.61. The molecule has 0 aromatic heterocycles. The Hall–Kier alpha value is -0.910. The summed E-state index contributed by atoms with van der Waals surface area (Å²) in [6.45, 7) is 1.40. The summed E-state index contributed by atoms with van der Waals surface area (Å²) in [5.41, 5.74) is 1.05. The third kappa shape index (κ3) is 4.11. The van der Waals surface area contributed by atoms with Crippen LogP contribution in [-0.2, 0) is 4.79 Å². The second kappa shape index (κ2) is 6.74. The number of carbonyl (C=O) groups excluding carboxylic acids is 1. The molecule has 3 N–H and O–H groups in total. The number of alkyl halides is 1. The highest BCUT2D eigenvalue weighted by molar-refractivity contribution is 9.09. The predicted molar refractivity (Wildman–Crippen MR) is 70.1 cm³/mol. The summed E-state index contributed by atoms with van der Waals surface area (Å²) in [5, 5.41) is 23.0.